The predicted molar refractivity (Wildman–Crippen MR) is 116 cm³/mol. The molecule has 1 aliphatic heterocycles. The molecule has 0 atom stereocenters. The Hall–Kier alpha value is -1.39. The maximum absolute atomic E-state index is 12.5. The molecular formula is C18H20Cl2N4O3S2. The summed E-state index contributed by atoms with van der Waals surface area (Å²) in [5.74, 6) is -0.283. The van der Waals surface area contributed by atoms with Gasteiger partial charge in [-0.3, -0.25) is 14.5 Å². The molecule has 29 heavy (non-hydrogen) atoms. The van der Waals surface area contributed by atoms with Crippen molar-refractivity contribution >= 4 is 63.3 Å². The normalized spacial score (nSPS) is 15.3. The van der Waals surface area contributed by atoms with Gasteiger partial charge in [0.2, 0.25) is 11.0 Å². The number of anilines is 1. The highest BCUT2D eigenvalue weighted by molar-refractivity contribution is 8.01. The third-order valence-electron chi connectivity index (χ3n) is 4.55. The summed E-state index contributed by atoms with van der Waals surface area (Å²) in [6, 6.07) is 5.52. The number of ether oxygens (including phenoxy) is 1. The van der Waals surface area contributed by atoms with Crippen molar-refractivity contribution in [1.82, 2.24) is 15.1 Å². The highest BCUT2D eigenvalue weighted by Gasteiger charge is 2.26. The number of likely N-dealkylation sites (tertiary alicyclic amines) is 1. The van der Waals surface area contributed by atoms with Crippen molar-refractivity contribution in [2.45, 2.75) is 23.7 Å². The lowest BCUT2D eigenvalue weighted by Crippen LogP contribution is -2.37. The number of rotatable bonds is 7. The van der Waals surface area contributed by atoms with Crippen LogP contribution in [-0.4, -0.2) is 52.9 Å². The number of halogens is 2. The summed E-state index contributed by atoms with van der Waals surface area (Å²) >= 11 is 14.7. The lowest BCUT2D eigenvalue weighted by atomic mass is 9.95. The number of aromatic nitrogens is 2. The van der Waals surface area contributed by atoms with Gasteiger partial charge in [0.25, 0.3) is 0 Å². The van der Waals surface area contributed by atoms with E-state index in [2.05, 4.69) is 25.2 Å². The SMILES string of the molecule is COC(=O)CSc1nnc(NC(=O)C2CCN(Cc3ccc(Cl)cc3Cl)CC2)s1. The zero-order valence-corrected chi connectivity index (χ0v) is 18.8. The Morgan fingerprint density at radius 1 is 1.31 bits per heavy atom. The number of carbonyl (C=O) groups excluding carboxylic acids is 2. The highest BCUT2D eigenvalue weighted by Crippen LogP contribution is 2.28. The van der Waals surface area contributed by atoms with Gasteiger partial charge in [0.15, 0.2) is 4.34 Å². The fourth-order valence-electron chi connectivity index (χ4n) is 2.95. The van der Waals surface area contributed by atoms with Crippen molar-refractivity contribution in [2.75, 3.05) is 31.3 Å². The number of benzene rings is 1. The Balaban J connectivity index is 1.45. The molecule has 2 heterocycles. The van der Waals surface area contributed by atoms with Crippen LogP contribution in [0.15, 0.2) is 22.5 Å². The van der Waals surface area contributed by atoms with E-state index in [0.29, 0.717) is 19.5 Å². The molecule has 0 saturated carbocycles. The summed E-state index contributed by atoms with van der Waals surface area (Å²) < 4.78 is 5.20. The van der Waals surface area contributed by atoms with Crippen molar-refractivity contribution in [1.29, 1.82) is 0 Å². The number of methoxy groups -OCH3 is 1. The summed E-state index contributed by atoms with van der Waals surface area (Å²) in [6.45, 7) is 2.36. The van der Waals surface area contributed by atoms with Gasteiger partial charge in [-0.15, -0.1) is 10.2 Å². The van der Waals surface area contributed by atoms with Gasteiger partial charge >= 0.3 is 5.97 Å². The highest BCUT2D eigenvalue weighted by atomic mass is 35.5. The van der Waals surface area contributed by atoms with Crippen LogP contribution in [0.1, 0.15) is 18.4 Å². The van der Waals surface area contributed by atoms with Crippen molar-refractivity contribution in [3.05, 3.63) is 33.8 Å². The number of hydrogen-bond acceptors (Lipinski definition) is 8. The van der Waals surface area contributed by atoms with Gasteiger partial charge in [-0.1, -0.05) is 52.4 Å². The summed E-state index contributed by atoms with van der Waals surface area (Å²) in [6.07, 6.45) is 1.53. The van der Waals surface area contributed by atoms with Crippen LogP contribution < -0.4 is 5.32 Å². The smallest absolute Gasteiger partial charge is 0.316 e. The molecule has 156 valence electrons. The topological polar surface area (TPSA) is 84.4 Å². The molecule has 1 fully saturated rings. The molecule has 1 amide bonds. The van der Waals surface area contributed by atoms with Gasteiger partial charge in [0.1, 0.15) is 0 Å². The number of carbonyl (C=O) groups is 2. The first-order valence-electron chi connectivity index (χ1n) is 8.95. The van der Waals surface area contributed by atoms with Crippen molar-refractivity contribution in [2.24, 2.45) is 5.92 Å². The largest absolute Gasteiger partial charge is 0.468 e. The van der Waals surface area contributed by atoms with Crippen LogP contribution in [0.25, 0.3) is 0 Å². The first-order valence-corrected chi connectivity index (χ1v) is 11.5. The van der Waals surface area contributed by atoms with Gasteiger partial charge in [-0.25, -0.2) is 0 Å². The second-order valence-corrected chi connectivity index (χ2v) is 9.56. The van der Waals surface area contributed by atoms with Gasteiger partial charge in [0, 0.05) is 22.5 Å². The van der Waals surface area contributed by atoms with Gasteiger partial charge in [-0.2, -0.15) is 0 Å². The lowest BCUT2D eigenvalue weighted by molar-refractivity contribution is -0.137. The first kappa shape index (κ1) is 22.3. The van der Waals surface area contributed by atoms with E-state index in [1.165, 1.54) is 30.2 Å². The minimum atomic E-state index is -0.331. The van der Waals surface area contributed by atoms with E-state index in [1.807, 2.05) is 12.1 Å². The number of hydrogen-bond donors (Lipinski definition) is 1. The average Bonchev–Trinajstić information content (AvgIpc) is 3.16. The number of amides is 1. The molecule has 1 aromatic heterocycles. The van der Waals surface area contributed by atoms with E-state index < -0.39 is 0 Å². The summed E-state index contributed by atoms with van der Waals surface area (Å²) in [5.41, 5.74) is 1.03. The quantitative estimate of drug-likeness (QED) is 0.369. The second-order valence-electron chi connectivity index (χ2n) is 6.51. The Kier molecular flexibility index (Phi) is 8.14. The van der Waals surface area contributed by atoms with E-state index in [9.17, 15) is 9.59 Å². The fraction of sp³-hybridized carbons (Fsp3) is 0.444. The molecule has 0 spiro atoms. The molecule has 2 aromatic rings. The van der Waals surface area contributed by atoms with Crippen LogP contribution in [0, 0.1) is 5.92 Å². The van der Waals surface area contributed by atoms with Gasteiger partial charge in [0.05, 0.1) is 12.9 Å². The maximum Gasteiger partial charge on any atom is 0.316 e. The van der Waals surface area contributed by atoms with Crippen LogP contribution in [0.5, 0.6) is 0 Å². The van der Waals surface area contributed by atoms with E-state index in [-0.39, 0.29) is 23.5 Å². The number of nitrogens with zero attached hydrogens (tertiary/aromatic N) is 3. The Morgan fingerprint density at radius 3 is 2.76 bits per heavy atom. The average molecular weight is 475 g/mol. The van der Waals surface area contributed by atoms with Crippen molar-refractivity contribution in [3.63, 3.8) is 0 Å². The molecule has 1 aliphatic rings. The fourth-order valence-corrected chi connectivity index (χ4v) is 5.01. The molecule has 0 unspecified atom stereocenters. The molecule has 11 heteroatoms. The summed E-state index contributed by atoms with van der Waals surface area (Å²) in [5, 5.41) is 12.5. The molecule has 3 rings (SSSR count). The Bertz CT molecular complexity index is 873. The predicted octanol–water partition coefficient (Wildman–Crippen LogP) is 3.96. The maximum atomic E-state index is 12.5. The second kappa shape index (κ2) is 10.6. The molecule has 7 nitrogen and oxygen atoms in total. The molecular weight excluding hydrogens is 455 g/mol. The molecule has 0 bridgehead atoms. The minimum Gasteiger partial charge on any atom is -0.468 e. The zero-order chi connectivity index (χ0) is 20.8. The third-order valence-corrected chi connectivity index (χ3v) is 7.08. The van der Waals surface area contributed by atoms with E-state index in [0.717, 1.165) is 38.0 Å². The molecule has 0 radical (unpaired) electrons. The van der Waals surface area contributed by atoms with Crippen molar-refractivity contribution < 1.29 is 14.3 Å². The van der Waals surface area contributed by atoms with Gasteiger partial charge < -0.3 is 10.1 Å². The van der Waals surface area contributed by atoms with E-state index in [4.69, 9.17) is 23.2 Å². The lowest BCUT2D eigenvalue weighted by Gasteiger charge is -2.31. The molecule has 0 aliphatic carbocycles. The van der Waals surface area contributed by atoms with Crippen LogP contribution >= 0.6 is 46.3 Å². The zero-order valence-electron chi connectivity index (χ0n) is 15.7. The Labute approximate surface area is 187 Å². The number of thioether (sulfide) groups is 1. The minimum absolute atomic E-state index is 0.0464. The van der Waals surface area contributed by atoms with Crippen LogP contribution in [0.2, 0.25) is 10.0 Å². The Morgan fingerprint density at radius 2 is 2.07 bits per heavy atom. The standard InChI is InChI=1S/C18H20Cl2N4O3S2/c1-27-15(25)10-28-18-23-22-17(29-18)21-16(26)11-4-6-24(7-5-11)9-12-2-3-13(19)8-14(12)20/h2-3,8,11H,4-7,9-10H2,1H3,(H,21,22,26). The molecule has 1 aromatic carbocycles. The number of nitrogens with one attached hydrogen (secondary N) is 1. The number of piperidine rings is 1. The van der Waals surface area contributed by atoms with E-state index in [1.54, 1.807) is 6.07 Å². The summed E-state index contributed by atoms with van der Waals surface area (Å²) in [4.78, 5) is 26.0. The molecule has 1 N–H and O–H groups in total. The summed E-state index contributed by atoms with van der Waals surface area (Å²) in [7, 11) is 1.34. The van der Waals surface area contributed by atoms with Crippen molar-refractivity contribution in [3.8, 4) is 0 Å². The van der Waals surface area contributed by atoms with Crippen LogP contribution in [0.3, 0.4) is 0 Å². The van der Waals surface area contributed by atoms with Gasteiger partial charge in [-0.05, 0) is 43.6 Å². The van der Waals surface area contributed by atoms with E-state index >= 15 is 0 Å². The molecule has 1 saturated heterocycles. The first-order chi connectivity index (χ1) is 13.9. The van der Waals surface area contributed by atoms with Crippen LogP contribution in [-0.2, 0) is 20.9 Å². The van der Waals surface area contributed by atoms with Crippen LogP contribution in [0.4, 0.5) is 5.13 Å². The number of esters is 1. The monoisotopic (exact) mass is 474 g/mol. The third kappa shape index (κ3) is 6.55.